The number of hydrogen-bond acceptors (Lipinski definition) is 6. The Morgan fingerprint density at radius 2 is 2.22 bits per heavy atom. The minimum absolute atomic E-state index is 0.0132. The fourth-order valence-corrected chi connectivity index (χ4v) is 3.43. The predicted octanol–water partition coefficient (Wildman–Crippen LogP) is 1.51. The summed E-state index contributed by atoms with van der Waals surface area (Å²) in [5.41, 5.74) is -0.0995. The van der Waals surface area contributed by atoms with Crippen molar-refractivity contribution in [3.05, 3.63) is 24.5 Å². The van der Waals surface area contributed by atoms with Gasteiger partial charge in [-0.2, -0.15) is 5.10 Å². The van der Waals surface area contributed by atoms with E-state index in [2.05, 4.69) is 14.8 Å². The molecule has 124 valence electrons. The second-order valence-electron chi connectivity index (χ2n) is 6.08. The topological polar surface area (TPSA) is 95.3 Å². The van der Waals surface area contributed by atoms with Crippen molar-refractivity contribution in [1.82, 2.24) is 14.8 Å². The maximum atomic E-state index is 12.6. The van der Waals surface area contributed by atoms with E-state index < -0.39 is 10.0 Å². The fourth-order valence-electron chi connectivity index (χ4n) is 2.33. The van der Waals surface area contributed by atoms with Crippen molar-refractivity contribution in [2.45, 2.75) is 25.3 Å². The van der Waals surface area contributed by atoms with Gasteiger partial charge in [-0.25, -0.2) is 18.1 Å². The third-order valence-corrected chi connectivity index (χ3v) is 4.77. The van der Waals surface area contributed by atoms with Crippen LogP contribution < -0.4 is 14.2 Å². The smallest absolute Gasteiger partial charge is 0.270 e. The number of anilines is 1. The summed E-state index contributed by atoms with van der Waals surface area (Å²) in [4.78, 5) is 3.98. The Hall–Kier alpha value is -2.29. The molecular weight excluding hydrogens is 320 g/mol. The average molecular weight is 338 g/mol. The van der Waals surface area contributed by atoms with Gasteiger partial charge in [-0.3, -0.25) is 4.72 Å². The molecule has 0 saturated carbocycles. The number of methoxy groups -OCH3 is 1. The lowest BCUT2D eigenvalue weighted by Crippen LogP contribution is -2.33. The van der Waals surface area contributed by atoms with E-state index >= 15 is 0 Å². The van der Waals surface area contributed by atoms with E-state index in [9.17, 15) is 8.42 Å². The molecule has 0 amide bonds. The van der Waals surface area contributed by atoms with Crippen LogP contribution in [0.3, 0.4) is 0 Å². The van der Waals surface area contributed by atoms with Crippen LogP contribution in [0.15, 0.2) is 29.4 Å². The van der Waals surface area contributed by atoms with E-state index in [4.69, 9.17) is 9.47 Å². The van der Waals surface area contributed by atoms with Crippen molar-refractivity contribution >= 4 is 15.8 Å². The molecule has 0 spiro atoms. The first kappa shape index (κ1) is 15.6. The SMILES string of the molecule is COc1cccnc1NS(=O)(=O)c1cnn2c1OCC(C)(C)C2. The molecule has 1 N–H and O–H groups in total. The van der Waals surface area contributed by atoms with Gasteiger partial charge in [0.05, 0.1) is 26.5 Å². The largest absolute Gasteiger partial charge is 0.493 e. The van der Waals surface area contributed by atoms with Gasteiger partial charge in [-0.05, 0) is 12.1 Å². The summed E-state index contributed by atoms with van der Waals surface area (Å²) in [7, 11) is -2.44. The second kappa shape index (κ2) is 5.41. The Labute approximate surface area is 134 Å². The van der Waals surface area contributed by atoms with E-state index in [1.807, 2.05) is 13.8 Å². The standard InChI is InChI=1S/C14H18N4O4S/c1-14(2)8-18-13(22-9-14)11(7-16-18)23(19,20)17-12-10(21-3)5-4-6-15-12/h4-7H,8-9H2,1-3H3,(H,15,17). The van der Waals surface area contributed by atoms with Crippen LogP contribution in [0.25, 0.3) is 0 Å². The van der Waals surface area contributed by atoms with Crippen LogP contribution in [0.4, 0.5) is 5.82 Å². The number of nitrogens with zero attached hydrogens (tertiary/aromatic N) is 3. The van der Waals surface area contributed by atoms with Gasteiger partial charge in [0.15, 0.2) is 16.5 Å². The van der Waals surface area contributed by atoms with Crippen LogP contribution in [-0.2, 0) is 16.6 Å². The third kappa shape index (κ3) is 2.96. The molecule has 2 aromatic heterocycles. The molecule has 0 radical (unpaired) electrons. The highest BCUT2D eigenvalue weighted by Gasteiger charge is 2.33. The molecule has 0 aliphatic carbocycles. The number of fused-ring (bicyclic) bond motifs is 1. The molecule has 0 unspecified atom stereocenters. The first-order valence-electron chi connectivity index (χ1n) is 7.03. The van der Waals surface area contributed by atoms with Crippen LogP contribution >= 0.6 is 0 Å². The molecular formula is C14H18N4O4S. The lowest BCUT2D eigenvalue weighted by Gasteiger charge is -2.30. The maximum Gasteiger partial charge on any atom is 0.270 e. The molecule has 9 heteroatoms. The molecule has 8 nitrogen and oxygen atoms in total. The highest BCUT2D eigenvalue weighted by molar-refractivity contribution is 7.92. The number of nitrogens with one attached hydrogen (secondary N) is 1. The number of hydrogen-bond donors (Lipinski definition) is 1. The number of sulfonamides is 1. The van der Waals surface area contributed by atoms with Crippen LogP contribution in [0, 0.1) is 5.41 Å². The maximum absolute atomic E-state index is 12.6. The first-order chi connectivity index (χ1) is 10.8. The molecule has 0 aromatic carbocycles. The average Bonchev–Trinajstić information content (AvgIpc) is 2.89. The lowest BCUT2D eigenvalue weighted by atomic mass is 9.94. The Morgan fingerprint density at radius 3 is 2.96 bits per heavy atom. The van der Waals surface area contributed by atoms with Crippen molar-refractivity contribution < 1.29 is 17.9 Å². The highest BCUT2D eigenvalue weighted by Crippen LogP contribution is 2.34. The van der Waals surface area contributed by atoms with Crippen molar-refractivity contribution in [3.63, 3.8) is 0 Å². The normalized spacial score (nSPS) is 16.3. The molecule has 0 saturated heterocycles. The van der Waals surface area contributed by atoms with Crippen LogP contribution in [0.1, 0.15) is 13.8 Å². The summed E-state index contributed by atoms with van der Waals surface area (Å²) in [6, 6.07) is 3.28. The number of rotatable bonds is 4. The van der Waals surface area contributed by atoms with Crippen molar-refractivity contribution in [3.8, 4) is 11.6 Å². The molecule has 0 bridgehead atoms. The summed E-state index contributed by atoms with van der Waals surface area (Å²) in [5, 5.41) is 4.12. The highest BCUT2D eigenvalue weighted by atomic mass is 32.2. The molecule has 2 aromatic rings. The van der Waals surface area contributed by atoms with Gasteiger partial charge in [0.1, 0.15) is 0 Å². The monoisotopic (exact) mass is 338 g/mol. The summed E-state index contributed by atoms with van der Waals surface area (Å²) < 4.78 is 40.0. The molecule has 23 heavy (non-hydrogen) atoms. The van der Waals surface area contributed by atoms with Gasteiger partial charge in [-0.15, -0.1) is 0 Å². The molecule has 1 aliphatic heterocycles. The van der Waals surface area contributed by atoms with E-state index in [0.29, 0.717) is 18.9 Å². The zero-order chi connectivity index (χ0) is 16.7. The van der Waals surface area contributed by atoms with Gasteiger partial charge in [0.25, 0.3) is 10.0 Å². The number of ether oxygens (including phenoxy) is 2. The Kier molecular flexibility index (Phi) is 3.67. The number of aromatic nitrogens is 3. The zero-order valence-electron chi connectivity index (χ0n) is 13.1. The van der Waals surface area contributed by atoms with Gasteiger partial charge in [0.2, 0.25) is 5.88 Å². The summed E-state index contributed by atoms with van der Waals surface area (Å²) >= 11 is 0. The Balaban J connectivity index is 1.94. The van der Waals surface area contributed by atoms with Crippen LogP contribution in [-0.4, -0.2) is 36.9 Å². The third-order valence-electron chi connectivity index (χ3n) is 3.45. The quantitative estimate of drug-likeness (QED) is 0.908. The number of pyridine rings is 1. The Bertz CT molecular complexity index is 829. The van der Waals surface area contributed by atoms with E-state index in [1.54, 1.807) is 16.8 Å². The van der Waals surface area contributed by atoms with E-state index in [1.165, 1.54) is 19.5 Å². The zero-order valence-corrected chi connectivity index (χ0v) is 13.9. The fraction of sp³-hybridized carbons (Fsp3) is 0.429. The van der Waals surface area contributed by atoms with Gasteiger partial charge >= 0.3 is 0 Å². The van der Waals surface area contributed by atoms with Crippen LogP contribution in [0.5, 0.6) is 11.6 Å². The minimum Gasteiger partial charge on any atom is -0.493 e. The molecule has 3 rings (SSSR count). The molecule has 3 heterocycles. The van der Waals surface area contributed by atoms with E-state index in [0.717, 1.165) is 0 Å². The summed E-state index contributed by atoms with van der Waals surface area (Å²) in [6.07, 6.45) is 2.77. The first-order valence-corrected chi connectivity index (χ1v) is 8.51. The van der Waals surface area contributed by atoms with Gasteiger partial charge < -0.3 is 9.47 Å². The minimum atomic E-state index is -3.88. The Morgan fingerprint density at radius 1 is 1.43 bits per heavy atom. The van der Waals surface area contributed by atoms with E-state index in [-0.39, 0.29) is 22.0 Å². The van der Waals surface area contributed by atoms with Gasteiger partial charge in [0, 0.05) is 11.6 Å². The lowest BCUT2D eigenvalue weighted by molar-refractivity contribution is 0.0971. The molecule has 0 atom stereocenters. The van der Waals surface area contributed by atoms with Crippen LogP contribution in [0.2, 0.25) is 0 Å². The van der Waals surface area contributed by atoms with Crippen molar-refractivity contribution in [2.75, 3.05) is 18.4 Å². The molecule has 0 fully saturated rings. The van der Waals surface area contributed by atoms with Crippen molar-refractivity contribution in [2.24, 2.45) is 5.41 Å². The van der Waals surface area contributed by atoms with Gasteiger partial charge in [-0.1, -0.05) is 13.8 Å². The summed E-state index contributed by atoms with van der Waals surface area (Å²) in [6.45, 7) is 5.07. The second-order valence-corrected chi connectivity index (χ2v) is 7.74. The molecule has 1 aliphatic rings. The predicted molar refractivity (Wildman–Crippen MR) is 83.1 cm³/mol. The van der Waals surface area contributed by atoms with Crippen molar-refractivity contribution in [1.29, 1.82) is 0 Å². The summed E-state index contributed by atoms with van der Waals surface area (Å²) in [5.74, 6) is 0.692.